The quantitative estimate of drug-likeness (QED) is 0.123. The Kier molecular flexibility index (Phi) is 13.7. The summed E-state index contributed by atoms with van der Waals surface area (Å²) >= 11 is 6.19. The highest BCUT2D eigenvalue weighted by atomic mass is 35.5. The highest BCUT2D eigenvalue weighted by molar-refractivity contribution is 6.30. The molecule has 0 bridgehead atoms. The second-order valence-corrected chi connectivity index (χ2v) is 15.8. The summed E-state index contributed by atoms with van der Waals surface area (Å²) in [6.45, 7) is 8.45. The highest BCUT2D eigenvalue weighted by Gasteiger charge is 2.53. The number of nitrogens with zero attached hydrogens (tertiary/aromatic N) is 4. The van der Waals surface area contributed by atoms with Crippen molar-refractivity contribution in [3.63, 3.8) is 0 Å². The van der Waals surface area contributed by atoms with Gasteiger partial charge in [-0.1, -0.05) is 31.9 Å². The van der Waals surface area contributed by atoms with Gasteiger partial charge < -0.3 is 35.3 Å². The Morgan fingerprint density at radius 1 is 1.16 bits per heavy atom. The number of carbonyl (C=O) groups excluding carboxylic acids is 2. The molecule has 1 aromatic carbocycles. The number of hydrogen-bond donors (Lipinski definition) is 4. The SMILES string of the molecule is CCC(CC(C)C(=O)O)CC1(C)OOC2(CCCC(OC(=O)NCC(NC(=O)c3cn(-c4nc(NC5CCOCC5)ncc4C)cn3)c3cc(F)cc(Cl)c3)C2)O1. The molecule has 310 valence electrons. The molecule has 2 aromatic heterocycles. The molecule has 2 aliphatic heterocycles. The maximum Gasteiger partial charge on any atom is 0.407 e. The molecule has 6 unspecified atom stereocenters. The minimum absolute atomic E-state index is 0.0268. The zero-order chi connectivity index (χ0) is 40.7. The first-order valence-electron chi connectivity index (χ1n) is 19.5. The fourth-order valence-corrected chi connectivity index (χ4v) is 7.82. The fourth-order valence-electron chi connectivity index (χ4n) is 7.59. The van der Waals surface area contributed by atoms with E-state index in [9.17, 15) is 23.9 Å². The minimum Gasteiger partial charge on any atom is -0.481 e. The molecule has 3 aromatic rings. The van der Waals surface area contributed by atoms with E-state index in [0.29, 0.717) is 62.6 Å². The number of carboxylic acid groups (broad SMARTS) is 1. The molecule has 1 saturated carbocycles. The van der Waals surface area contributed by atoms with Crippen LogP contribution in [0.1, 0.15) is 106 Å². The number of benzene rings is 1. The lowest BCUT2D eigenvalue weighted by atomic mass is 9.87. The summed E-state index contributed by atoms with van der Waals surface area (Å²) in [6, 6.07) is 3.12. The first kappa shape index (κ1) is 42.2. The van der Waals surface area contributed by atoms with Crippen LogP contribution in [0.25, 0.3) is 5.82 Å². The van der Waals surface area contributed by atoms with Crippen molar-refractivity contribution in [3.8, 4) is 5.82 Å². The number of ether oxygens (including phenoxy) is 3. The average Bonchev–Trinajstić information content (AvgIpc) is 3.78. The van der Waals surface area contributed by atoms with Crippen molar-refractivity contribution in [1.29, 1.82) is 0 Å². The van der Waals surface area contributed by atoms with Crippen LogP contribution in [0.3, 0.4) is 0 Å². The van der Waals surface area contributed by atoms with Crippen LogP contribution in [0.5, 0.6) is 0 Å². The number of carboxylic acids is 1. The lowest BCUT2D eigenvalue weighted by molar-refractivity contribution is -0.356. The molecule has 1 aliphatic carbocycles. The summed E-state index contributed by atoms with van der Waals surface area (Å²) in [4.78, 5) is 63.1. The third-order valence-electron chi connectivity index (χ3n) is 10.6. The zero-order valence-electron chi connectivity index (χ0n) is 32.6. The van der Waals surface area contributed by atoms with E-state index in [1.165, 1.54) is 24.7 Å². The fraction of sp³-hybridized carbons (Fsp3) is 0.590. The van der Waals surface area contributed by atoms with Gasteiger partial charge in [-0.2, -0.15) is 14.8 Å². The second-order valence-electron chi connectivity index (χ2n) is 15.4. The number of imidazole rings is 1. The Labute approximate surface area is 335 Å². The van der Waals surface area contributed by atoms with Crippen LogP contribution in [0.4, 0.5) is 15.1 Å². The number of aromatic nitrogens is 4. The Balaban J connectivity index is 1.07. The number of halogens is 2. The van der Waals surface area contributed by atoms with Crippen LogP contribution >= 0.6 is 11.6 Å². The van der Waals surface area contributed by atoms with Crippen LogP contribution < -0.4 is 16.0 Å². The van der Waals surface area contributed by atoms with Crippen LogP contribution in [0.15, 0.2) is 36.9 Å². The zero-order valence-corrected chi connectivity index (χ0v) is 33.4. The standard InChI is InChI=1S/C39H51ClFN7O9/c1-5-25(13-23(2)35(50)51)17-38(4)55-39(57-56-38)10-6-7-30(18-39)54-37(52)43-20-31(26-14-27(40)16-28(41)15-26)46-34(49)32-21-48(22-44-32)33-24(3)19-42-36(47-33)45-29-8-11-53-12-9-29/h14-16,19,21-23,25,29-31H,5-13,17-18,20H2,1-4H3,(H,43,52)(H,46,49)(H,50,51)(H,42,45,47). The monoisotopic (exact) mass is 815 g/mol. The van der Waals surface area contributed by atoms with Gasteiger partial charge in [0.25, 0.3) is 5.91 Å². The lowest BCUT2D eigenvalue weighted by Gasteiger charge is -2.35. The van der Waals surface area contributed by atoms with Gasteiger partial charge in [-0.25, -0.2) is 19.2 Å². The van der Waals surface area contributed by atoms with E-state index in [1.54, 1.807) is 24.6 Å². The third kappa shape index (κ3) is 11.2. The van der Waals surface area contributed by atoms with E-state index in [1.807, 2.05) is 13.8 Å². The third-order valence-corrected chi connectivity index (χ3v) is 10.8. The normalized spacial score (nSPS) is 24.1. The van der Waals surface area contributed by atoms with Gasteiger partial charge in [-0.15, -0.1) is 0 Å². The number of hydrogen-bond acceptors (Lipinski definition) is 12. The molecule has 4 N–H and O–H groups in total. The molecule has 6 atom stereocenters. The summed E-state index contributed by atoms with van der Waals surface area (Å²) in [5.41, 5.74) is 1.13. The van der Waals surface area contributed by atoms with E-state index in [-0.39, 0.29) is 35.6 Å². The number of rotatable bonds is 15. The summed E-state index contributed by atoms with van der Waals surface area (Å²) < 4.78 is 33.8. The second kappa shape index (κ2) is 18.4. The van der Waals surface area contributed by atoms with Crippen molar-refractivity contribution in [2.24, 2.45) is 11.8 Å². The Hall–Kier alpha value is -4.42. The summed E-state index contributed by atoms with van der Waals surface area (Å²) in [5, 5.41) is 18.4. The maximum atomic E-state index is 14.5. The van der Waals surface area contributed by atoms with Gasteiger partial charge in [0.2, 0.25) is 17.5 Å². The minimum atomic E-state index is -1.14. The van der Waals surface area contributed by atoms with Crippen molar-refractivity contribution < 1.29 is 47.9 Å². The molecule has 6 rings (SSSR count). The lowest BCUT2D eigenvalue weighted by Crippen LogP contribution is -2.44. The van der Waals surface area contributed by atoms with Gasteiger partial charge in [-0.05, 0) is 75.6 Å². The van der Waals surface area contributed by atoms with Crippen LogP contribution in [0, 0.1) is 24.6 Å². The molecule has 2 amide bonds. The number of anilines is 1. The van der Waals surface area contributed by atoms with E-state index in [2.05, 4.69) is 30.9 Å². The largest absolute Gasteiger partial charge is 0.481 e. The molecule has 1 spiro atoms. The average molecular weight is 816 g/mol. The molecule has 3 fully saturated rings. The first-order valence-corrected chi connectivity index (χ1v) is 19.8. The van der Waals surface area contributed by atoms with E-state index < -0.39 is 53.4 Å². The predicted octanol–water partition coefficient (Wildman–Crippen LogP) is 6.41. The molecule has 0 radical (unpaired) electrons. The topological polar surface area (TPSA) is 197 Å². The number of nitrogens with one attached hydrogen (secondary N) is 3. The summed E-state index contributed by atoms with van der Waals surface area (Å²) in [6.07, 6.45) is 8.56. The van der Waals surface area contributed by atoms with E-state index in [0.717, 1.165) is 30.9 Å². The number of alkyl carbamates (subject to hydrolysis) is 1. The van der Waals surface area contributed by atoms with E-state index >= 15 is 0 Å². The molecule has 4 heterocycles. The van der Waals surface area contributed by atoms with Gasteiger partial charge in [0.1, 0.15) is 29.8 Å². The molecule has 3 aliphatic rings. The number of carbonyl (C=O) groups is 3. The van der Waals surface area contributed by atoms with Crippen molar-refractivity contribution in [2.45, 2.75) is 115 Å². The Bertz CT molecular complexity index is 1880. The van der Waals surface area contributed by atoms with Crippen LogP contribution in [0.2, 0.25) is 5.02 Å². The van der Waals surface area contributed by atoms with E-state index in [4.69, 9.17) is 35.6 Å². The summed E-state index contributed by atoms with van der Waals surface area (Å²) in [7, 11) is 0. The Morgan fingerprint density at radius 2 is 1.95 bits per heavy atom. The highest BCUT2D eigenvalue weighted by Crippen LogP contribution is 2.46. The maximum absolute atomic E-state index is 14.5. The van der Waals surface area contributed by atoms with Gasteiger partial charge in [0.05, 0.1) is 12.0 Å². The van der Waals surface area contributed by atoms with Gasteiger partial charge in [0.15, 0.2) is 0 Å². The van der Waals surface area contributed by atoms with Gasteiger partial charge in [-0.3, -0.25) is 14.2 Å². The summed E-state index contributed by atoms with van der Waals surface area (Å²) in [5.74, 6) is -3.80. The van der Waals surface area contributed by atoms with Crippen molar-refractivity contribution in [1.82, 2.24) is 30.2 Å². The molecule has 57 heavy (non-hydrogen) atoms. The number of aryl methyl sites for hydroxylation is 1. The van der Waals surface area contributed by atoms with Gasteiger partial charge in [0, 0.05) is 68.0 Å². The van der Waals surface area contributed by atoms with Crippen LogP contribution in [-0.2, 0) is 28.8 Å². The molecular formula is C39H51ClFN7O9. The predicted molar refractivity (Wildman–Crippen MR) is 204 cm³/mol. The van der Waals surface area contributed by atoms with Gasteiger partial charge >= 0.3 is 12.1 Å². The molecule has 2 saturated heterocycles. The number of aliphatic carboxylic acids is 1. The molecule has 16 nitrogen and oxygen atoms in total. The molecule has 18 heteroatoms. The van der Waals surface area contributed by atoms with Crippen molar-refractivity contribution in [2.75, 3.05) is 25.1 Å². The first-order chi connectivity index (χ1) is 27.2. The van der Waals surface area contributed by atoms with Crippen molar-refractivity contribution in [3.05, 3.63) is 64.6 Å². The van der Waals surface area contributed by atoms with Crippen molar-refractivity contribution >= 4 is 35.5 Å². The number of amides is 2. The van der Waals surface area contributed by atoms with Crippen LogP contribution in [-0.4, -0.2) is 86.1 Å². The molecular weight excluding hydrogens is 765 g/mol. The Morgan fingerprint density at radius 3 is 2.68 bits per heavy atom. The smallest absolute Gasteiger partial charge is 0.407 e.